The van der Waals surface area contributed by atoms with Crippen LogP contribution in [0.3, 0.4) is 0 Å². The van der Waals surface area contributed by atoms with Crippen LogP contribution in [0.5, 0.6) is 0 Å². The number of carboxylic acid groups (broad SMARTS) is 1. The highest BCUT2D eigenvalue weighted by Gasteiger charge is 2.37. The molecule has 0 bridgehead atoms. The van der Waals surface area contributed by atoms with Crippen LogP contribution in [0, 0.1) is 5.41 Å². The van der Waals surface area contributed by atoms with E-state index in [4.69, 9.17) is 10.8 Å². The van der Waals surface area contributed by atoms with Gasteiger partial charge in [-0.25, -0.2) is 4.79 Å². The smallest absolute Gasteiger partial charge is 0.337 e. The lowest BCUT2D eigenvalue weighted by molar-refractivity contribution is -0.119. The van der Waals surface area contributed by atoms with Crippen molar-refractivity contribution in [3.63, 3.8) is 0 Å². The highest BCUT2D eigenvalue weighted by Crippen LogP contribution is 2.43. The summed E-state index contributed by atoms with van der Waals surface area (Å²) < 4.78 is 0. The van der Waals surface area contributed by atoms with Crippen molar-refractivity contribution in [3.05, 3.63) is 29.8 Å². The summed E-state index contributed by atoms with van der Waals surface area (Å²) in [5, 5.41) is 11.7. The molecule has 1 aliphatic carbocycles. The van der Waals surface area contributed by atoms with E-state index in [0.717, 1.165) is 19.3 Å². The second kappa shape index (κ2) is 5.40. The number of hydrogen-bond donors (Lipinski definition) is 3. The molecule has 0 atom stereocenters. The topological polar surface area (TPSA) is 92.4 Å². The summed E-state index contributed by atoms with van der Waals surface area (Å²) in [4.78, 5) is 23.0. The van der Waals surface area contributed by atoms with Crippen molar-refractivity contribution in [2.24, 2.45) is 11.1 Å². The van der Waals surface area contributed by atoms with Gasteiger partial charge >= 0.3 is 5.97 Å². The van der Waals surface area contributed by atoms with Gasteiger partial charge in [-0.2, -0.15) is 0 Å². The van der Waals surface area contributed by atoms with Gasteiger partial charge in [0.2, 0.25) is 5.91 Å². The van der Waals surface area contributed by atoms with E-state index < -0.39 is 5.97 Å². The lowest BCUT2D eigenvalue weighted by atomic mass is 9.66. The second-order valence-electron chi connectivity index (χ2n) is 5.13. The zero-order valence-corrected chi connectivity index (χ0v) is 10.7. The molecule has 102 valence electrons. The van der Waals surface area contributed by atoms with Crippen molar-refractivity contribution < 1.29 is 14.7 Å². The molecule has 1 amide bonds. The van der Waals surface area contributed by atoms with Gasteiger partial charge < -0.3 is 16.2 Å². The van der Waals surface area contributed by atoms with Crippen LogP contribution < -0.4 is 11.1 Å². The van der Waals surface area contributed by atoms with Crippen LogP contribution in [-0.4, -0.2) is 23.5 Å². The highest BCUT2D eigenvalue weighted by atomic mass is 16.4. The molecule has 0 heterocycles. The third-order valence-electron chi connectivity index (χ3n) is 3.81. The Kier molecular flexibility index (Phi) is 3.85. The van der Waals surface area contributed by atoms with E-state index in [1.54, 1.807) is 18.2 Å². The molecular weight excluding hydrogens is 244 g/mol. The maximum atomic E-state index is 12.0. The number of amides is 1. The molecule has 19 heavy (non-hydrogen) atoms. The first kappa shape index (κ1) is 13.5. The molecular formula is C14H18N2O3. The van der Waals surface area contributed by atoms with Crippen molar-refractivity contribution in [2.45, 2.75) is 25.7 Å². The fourth-order valence-corrected chi connectivity index (χ4v) is 2.44. The second-order valence-corrected chi connectivity index (χ2v) is 5.13. The van der Waals surface area contributed by atoms with Crippen molar-refractivity contribution in [1.82, 2.24) is 0 Å². The number of para-hydroxylation sites is 1. The zero-order valence-electron chi connectivity index (χ0n) is 10.7. The van der Waals surface area contributed by atoms with E-state index in [9.17, 15) is 9.59 Å². The Hall–Kier alpha value is -1.88. The summed E-state index contributed by atoms with van der Waals surface area (Å²) in [5.41, 5.74) is 6.08. The van der Waals surface area contributed by atoms with Crippen LogP contribution in [0.1, 0.15) is 36.0 Å². The fraction of sp³-hybridized carbons (Fsp3) is 0.429. The van der Waals surface area contributed by atoms with E-state index in [1.165, 1.54) is 6.07 Å². The van der Waals surface area contributed by atoms with Crippen LogP contribution in [0.4, 0.5) is 5.69 Å². The lowest BCUT2D eigenvalue weighted by Gasteiger charge is -2.40. The minimum absolute atomic E-state index is 0.0811. The minimum atomic E-state index is -1.05. The summed E-state index contributed by atoms with van der Waals surface area (Å²) in [6, 6.07) is 6.40. The number of nitrogens with one attached hydrogen (secondary N) is 1. The first-order valence-corrected chi connectivity index (χ1v) is 6.39. The van der Waals surface area contributed by atoms with Gasteiger partial charge in [0.1, 0.15) is 0 Å². The summed E-state index contributed by atoms with van der Waals surface area (Å²) >= 11 is 0. The summed E-state index contributed by atoms with van der Waals surface area (Å²) in [7, 11) is 0. The van der Waals surface area contributed by atoms with Crippen LogP contribution >= 0.6 is 0 Å². The molecule has 5 nitrogen and oxygen atoms in total. The third kappa shape index (κ3) is 2.93. The van der Waals surface area contributed by atoms with E-state index in [0.29, 0.717) is 18.7 Å². The quantitative estimate of drug-likeness (QED) is 0.755. The molecule has 0 radical (unpaired) electrons. The highest BCUT2D eigenvalue weighted by molar-refractivity contribution is 6.00. The molecule has 0 unspecified atom stereocenters. The normalized spacial score (nSPS) is 16.5. The largest absolute Gasteiger partial charge is 0.478 e. The molecule has 0 spiro atoms. The van der Waals surface area contributed by atoms with Crippen molar-refractivity contribution in [1.29, 1.82) is 0 Å². The number of hydrogen-bond acceptors (Lipinski definition) is 3. The number of nitrogens with two attached hydrogens (primary N) is 1. The van der Waals surface area contributed by atoms with Gasteiger partial charge in [-0.3, -0.25) is 4.79 Å². The van der Waals surface area contributed by atoms with E-state index in [2.05, 4.69) is 5.32 Å². The predicted molar refractivity (Wildman–Crippen MR) is 72.0 cm³/mol. The van der Waals surface area contributed by atoms with Gasteiger partial charge in [-0.05, 0) is 36.9 Å². The Morgan fingerprint density at radius 2 is 2.00 bits per heavy atom. The Morgan fingerprint density at radius 3 is 2.53 bits per heavy atom. The van der Waals surface area contributed by atoms with Gasteiger partial charge in [-0.15, -0.1) is 0 Å². The first-order chi connectivity index (χ1) is 9.06. The van der Waals surface area contributed by atoms with Gasteiger partial charge in [0.15, 0.2) is 0 Å². The summed E-state index contributed by atoms with van der Waals surface area (Å²) in [6.45, 7) is 0.501. The van der Waals surface area contributed by atoms with Gasteiger partial charge in [0.05, 0.1) is 11.3 Å². The Balaban J connectivity index is 2.05. The summed E-state index contributed by atoms with van der Waals surface area (Å²) in [5.74, 6) is -1.22. The number of aromatic carboxylic acids is 1. The van der Waals surface area contributed by atoms with Crippen molar-refractivity contribution >= 4 is 17.6 Å². The van der Waals surface area contributed by atoms with E-state index in [-0.39, 0.29) is 16.9 Å². The van der Waals surface area contributed by atoms with Gasteiger partial charge in [0.25, 0.3) is 0 Å². The molecule has 1 aromatic rings. The van der Waals surface area contributed by atoms with Crippen LogP contribution in [0.2, 0.25) is 0 Å². The van der Waals surface area contributed by atoms with Crippen molar-refractivity contribution in [2.75, 3.05) is 11.9 Å². The molecule has 1 aliphatic rings. The molecule has 0 aliphatic heterocycles. The number of anilines is 1. The SMILES string of the molecule is NCC1(CC(=O)Nc2ccccc2C(=O)O)CCC1. The Labute approximate surface area is 111 Å². The number of carbonyl (C=O) groups excluding carboxylic acids is 1. The maximum absolute atomic E-state index is 12.0. The molecule has 1 fully saturated rings. The van der Waals surface area contributed by atoms with Gasteiger partial charge in [0, 0.05) is 6.42 Å². The maximum Gasteiger partial charge on any atom is 0.337 e. The molecule has 2 rings (SSSR count). The molecule has 0 aromatic heterocycles. The summed E-state index contributed by atoms with van der Waals surface area (Å²) in [6.07, 6.45) is 3.41. The number of rotatable bonds is 5. The zero-order chi connectivity index (χ0) is 13.9. The predicted octanol–water partition coefficient (Wildman–Crippen LogP) is 1.84. The third-order valence-corrected chi connectivity index (χ3v) is 3.81. The molecule has 0 saturated heterocycles. The van der Waals surface area contributed by atoms with Gasteiger partial charge in [-0.1, -0.05) is 18.6 Å². The Bertz CT molecular complexity index is 490. The fourth-order valence-electron chi connectivity index (χ4n) is 2.44. The molecule has 1 saturated carbocycles. The van der Waals surface area contributed by atoms with Crippen molar-refractivity contribution in [3.8, 4) is 0 Å². The standard InChI is InChI=1S/C14H18N2O3/c15-9-14(6-3-7-14)8-12(17)16-11-5-2-1-4-10(11)13(18)19/h1-2,4-5H,3,6-9,15H2,(H,16,17)(H,18,19). The molecule has 4 N–H and O–H groups in total. The van der Waals surface area contributed by atoms with E-state index >= 15 is 0 Å². The first-order valence-electron chi connectivity index (χ1n) is 6.39. The average Bonchev–Trinajstić information content (AvgIpc) is 2.34. The molecule has 5 heteroatoms. The Morgan fingerprint density at radius 1 is 1.32 bits per heavy atom. The lowest BCUT2D eigenvalue weighted by Crippen LogP contribution is -2.40. The van der Waals surface area contributed by atoms with Crippen LogP contribution in [-0.2, 0) is 4.79 Å². The minimum Gasteiger partial charge on any atom is -0.478 e. The number of benzene rings is 1. The number of carbonyl (C=O) groups is 2. The van der Waals surface area contributed by atoms with E-state index in [1.807, 2.05) is 0 Å². The number of carboxylic acids is 1. The van der Waals surface area contributed by atoms with Crippen LogP contribution in [0.25, 0.3) is 0 Å². The average molecular weight is 262 g/mol. The van der Waals surface area contributed by atoms with Crippen LogP contribution in [0.15, 0.2) is 24.3 Å². The monoisotopic (exact) mass is 262 g/mol. The molecule has 1 aromatic carbocycles.